The summed E-state index contributed by atoms with van der Waals surface area (Å²) in [4.78, 5) is 18.7. The van der Waals surface area contributed by atoms with Crippen molar-refractivity contribution in [3.8, 4) is 22.4 Å². The second kappa shape index (κ2) is 8.98. The summed E-state index contributed by atoms with van der Waals surface area (Å²) in [6.45, 7) is 1.90. The van der Waals surface area contributed by atoms with Crippen molar-refractivity contribution < 1.29 is 9.90 Å². The lowest BCUT2D eigenvalue weighted by Crippen LogP contribution is -2.32. The first kappa shape index (κ1) is 21.6. The first-order valence-corrected chi connectivity index (χ1v) is 12.4. The van der Waals surface area contributed by atoms with E-state index >= 15 is 0 Å². The molecule has 7 heteroatoms. The topological polar surface area (TPSA) is 80.0 Å². The monoisotopic (exact) mass is 460 g/mol. The summed E-state index contributed by atoms with van der Waals surface area (Å²) in [5, 5.41) is 10.6. The third-order valence-electron chi connectivity index (χ3n) is 6.64. The Balaban J connectivity index is 0.000000243. The molecule has 2 aromatic carbocycles. The molecule has 0 radical (unpaired) electrons. The average molecular weight is 461 g/mol. The minimum absolute atomic E-state index is 0.0775. The number of aromatic nitrogens is 3. The van der Waals surface area contributed by atoms with Gasteiger partial charge in [-0.2, -0.15) is 0 Å². The van der Waals surface area contributed by atoms with Gasteiger partial charge in [-0.3, -0.25) is 0 Å². The highest BCUT2D eigenvalue weighted by atomic mass is 32.1. The number of nitrogens with one attached hydrogen (secondary N) is 1. The van der Waals surface area contributed by atoms with Gasteiger partial charge in [0.1, 0.15) is 0 Å². The summed E-state index contributed by atoms with van der Waals surface area (Å²) in [6.07, 6.45) is 10.3. The molecule has 2 saturated carbocycles. The lowest BCUT2D eigenvalue weighted by atomic mass is 10.0. The number of carbonyl (C=O) groups is 1. The van der Waals surface area contributed by atoms with Gasteiger partial charge in [0.05, 0.1) is 33.9 Å². The van der Waals surface area contributed by atoms with Gasteiger partial charge in [-0.05, 0) is 61.4 Å². The molecule has 6 rings (SSSR count). The molecule has 2 aromatic heterocycles. The van der Waals surface area contributed by atoms with Crippen LogP contribution in [0.5, 0.6) is 0 Å². The van der Waals surface area contributed by atoms with Crippen LogP contribution in [-0.4, -0.2) is 31.3 Å². The van der Waals surface area contributed by atoms with E-state index in [1.165, 1.54) is 52.8 Å². The highest BCUT2D eigenvalue weighted by molar-refractivity contribution is 7.16. The number of benzene rings is 2. The second-order valence-corrected chi connectivity index (χ2v) is 10.1. The van der Waals surface area contributed by atoms with Crippen molar-refractivity contribution in [2.75, 3.05) is 0 Å². The molecule has 0 unspecified atom stereocenters. The van der Waals surface area contributed by atoms with Gasteiger partial charge in [0.25, 0.3) is 0 Å². The highest BCUT2D eigenvalue weighted by Gasteiger charge is 2.38. The Kier molecular flexibility index (Phi) is 5.89. The van der Waals surface area contributed by atoms with E-state index in [-0.39, 0.29) is 5.54 Å². The van der Waals surface area contributed by atoms with E-state index in [0.29, 0.717) is 6.04 Å². The standard InChI is InChI=1S/C21H19N3S.C5H9NO2/c1-2-4-18(3-1)24-13-22-12-20(24)16-7-5-15(6-8-16)17-9-10-19-21(11-17)25-14-23-19;1-5(2-3-5)6-4(7)8/h5-14,18H,1-4H2;6H,2-3H2,1H3,(H,7,8). The maximum absolute atomic E-state index is 9.94. The quantitative estimate of drug-likeness (QED) is 0.353. The van der Waals surface area contributed by atoms with Gasteiger partial charge in [-0.15, -0.1) is 11.3 Å². The lowest BCUT2D eigenvalue weighted by Gasteiger charge is -2.15. The number of carboxylic acid groups (broad SMARTS) is 1. The van der Waals surface area contributed by atoms with Crippen LogP contribution in [0.4, 0.5) is 4.79 Å². The fourth-order valence-electron chi connectivity index (χ4n) is 4.44. The Morgan fingerprint density at radius 3 is 2.45 bits per heavy atom. The normalized spacial score (nSPS) is 16.9. The molecule has 2 heterocycles. The van der Waals surface area contributed by atoms with E-state index in [2.05, 4.69) is 62.3 Å². The van der Waals surface area contributed by atoms with Gasteiger partial charge < -0.3 is 15.0 Å². The third-order valence-corrected chi connectivity index (χ3v) is 7.43. The molecular formula is C26H28N4O2S. The number of hydrogen-bond donors (Lipinski definition) is 2. The van der Waals surface area contributed by atoms with E-state index in [4.69, 9.17) is 5.11 Å². The number of nitrogens with zero attached hydrogens (tertiary/aromatic N) is 3. The molecule has 0 aliphatic heterocycles. The predicted molar refractivity (Wildman–Crippen MR) is 133 cm³/mol. The maximum atomic E-state index is 9.94. The predicted octanol–water partition coefficient (Wildman–Crippen LogP) is 6.75. The fourth-order valence-corrected chi connectivity index (χ4v) is 5.16. The van der Waals surface area contributed by atoms with Crippen molar-refractivity contribution in [1.82, 2.24) is 19.9 Å². The van der Waals surface area contributed by atoms with Crippen LogP contribution in [0.1, 0.15) is 51.5 Å². The Labute approximate surface area is 197 Å². The van der Waals surface area contributed by atoms with Crippen LogP contribution < -0.4 is 5.32 Å². The molecule has 6 nitrogen and oxygen atoms in total. The van der Waals surface area contributed by atoms with Crippen molar-refractivity contribution in [1.29, 1.82) is 0 Å². The zero-order valence-corrected chi connectivity index (χ0v) is 19.5. The largest absolute Gasteiger partial charge is 0.465 e. The number of amides is 1. The van der Waals surface area contributed by atoms with Crippen LogP contribution in [0.3, 0.4) is 0 Å². The van der Waals surface area contributed by atoms with Crippen LogP contribution in [0.2, 0.25) is 0 Å². The first-order valence-electron chi connectivity index (χ1n) is 11.5. The molecule has 2 aliphatic carbocycles. The smallest absolute Gasteiger partial charge is 0.405 e. The molecular weight excluding hydrogens is 432 g/mol. The number of imidazole rings is 1. The molecule has 0 atom stereocenters. The molecule has 4 aromatic rings. The number of thiazole rings is 1. The minimum Gasteiger partial charge on any atom is -0.465 e. The number of fused-ring (bicyclic) bond motifs is 1. The Hall–Kier alpha value is -3.19. The molecule has 2 N–H and O–H groups in total. The van der Waals surface area contributed by atoms with Gasteiger partial charge in [0.2, 0.25) is 0 Å². The van der Waals surface area contributed by atoms with Gasteiger partial charge >= 0.3 is 6.09 Å². The first-order chi connectivity index (χ1) is 16.0. The van der Waals surface area contributed by atoms with Crippen LogP contribution in [-0.2, 0) is 0 Å². The second-order valence-electron chi connectivity index (χ2n) is 9.23. The van der Waals surface area contributed by atoms with Crippen molar-refractivity contribution in [3.63, 3.8) is 0 Å². The van der Waals surface area contributed by atoms with Crippen molar-refractivity contribution in [2.24, 2.45) is 0 Å². The molecule has 1 amide bonds. The Morgan fingerprint density at radius 1 is 1.09 bits per heavy atom. The van der Waals surface area contributed by atoms with E-state index in [9.17, 15) is 4.79 Å². The molecule has 0 spiro atoms. The molecule has 0 bridgehead atoms. The number of hydrogen-bond acceptors (Lipinski definition) is 4. The zero-order chi connectivity index (χ0) is 22.8. The van der Waals surface area contributed by atoms with E-state index in [1.54, 1.807) is 11.3 Å². The summed E-state index contributed by atoms with van der Waals surface area (Å²) >= 11 is 1.69. The van der Waals surface area contributed by atoms with Gasteiger partial charge in [-0.25, -0.2) is 14.8 Å². The number of rotatable bonds is 4. The lowest BCUT2D eigenvalue weighted by molar-refractivity contribution is 0.189. The zero-order valence-electron chi connectivity index (χ0n) is 18.7. The van der Waals surface area contributed by atoms with Gasteiger partial charge in [0.15, 0.2) is 0 Å². The molecule has 2 aliphatic rings. The maximum Gasteiger partial charge on any atom is 0.405 e. The summed E-state index contributed by atoms with van der Waals surface area (Å²) in [7, 11) is 0. The third kappa shape index (κ3) is 4.93. The molecule has 2 fully saturated rings. The van der Waals surface area contributed by atoms with Crippen LogP contribution >= 0.6 is 11.3 Å². The van der Waals surface area contributed by atoms with Crippen LogP contribution in [0.25, 0.3) is 32.6 Å². The van der Waals surface area contributed by atoms with Crippen LogP contribution in [0, 0.1) is 0 Å². The summed E-state index contributed by atoms with van der Waals surface area (Å²) in [5.74, 6) is 0. The molecule has 0 saturated heterocycles. The highest BCUT2D eigenvalue weighted by Crippen LogP contribution is 2.35. The van der Waals surface area contributed by atoms with Crippen molar-refractivity contribution in [2.45, 2.75) is 57.0 Å². The van der Waals surface area contributed by atoms with E-state index in [1.807, 2.05) is 25.0 Å². The van der Waals surface area contributed by atoms with E-state index < -0.39 is 6.09 Å². The summed E-state index contributed by atoms with van der Waals surface area (Å²) < 4.78 is 3.60. The van der Waals surface area contributed by atoms with Crippen molar-refractivity contribution >= 4 is 27.6 Å². The summed E-state index contributed by atoms with van der Waals surface area (Å²) in [5.41, 5.74) is 7.86. The van der Waals surface area contributed by atoms with E-state index in [0.717, 1.165) is 18.4 Å². The van der Waals surface area contributed by atoms with Gasteiger partial charge in [-0.1, -0.05) is 43.2 Å². The Bertz CT molecular complexity index is 1250. The minimum atomic E-state index is -0.912. The summed E-state index contributed by atoms with van der Waals surface area (Å²) in [6, 6.07) is 16.0. The van der Waals surface area contributed by atoms with Gasteiger partial charge in [0, 0.05) is 11.6 Å². The molecule has 170 valence electrons. The van der Waals surface area contributed by atoms with Crippen LogP contribution in [0.15, 0.2) is 60.5 Å². The SMILES string of the molecule is CC1(NC(=O)O)CC1.c1nc2ccc(-c3ccc(-c4cncn4C4CCCC4)cc3)cc2s1. The average Bonchev–Trinajstić information content (AvgIpc) is 3.32. The van der Waals surface area contributed by atoms with Crippen molar-refractivity contribution in [3.05, 3.63) is 60.5 Å². The molecule has 33 heavy (non-hydrogen) atoms. The fraction of sp³-hybridized carbons (Fsp3) is 0.346. The Morgan fingerprint density at radius 2 is 1.79 bits per heavy atom.